The lowest BCUT2D eigenvalue weighted by Crippen LogP contribution is -2.43. The van der Waals surface area contributed by atoms with Crippen molar-refractivity contribution >= 4 is 86.8 Å². The minimum Gasteiger partial charge on any atom is -0.444 e. The molecule has 0 aliphatic carbocycles. The number of carbonyl (C=O) groups is 3. The molecule has 12 nitrogen and oxygen atoms in total. The zero-order valence-electron chi connectivity index (χ0n) is 41.8. The molecule has 71 heavy (non-hydrogen) atoms. The van der Waals surface area contributed by atoms with E-state index in [-0.39, 0.29) is 11.8 Å². The van der Waals surface area contributed by atoms with Crippen molar-refractivity contribution in [2.45, 2.75) is 74.7 Å². The average molecular weight is 993 g/mol. The van der Waals surface area contributed by atoms with Crippen molar-refractivity contribution in [3.63, 3.8) is 0 Å². The van der Waals surface area contributed by atoms with Gasteiger partial charge >= 0.3 is 6.09 Å². The first-order chi connectivity index (χ1) is 34.4. The highest BCUT2D eigenvalue weighted by molar-refractivity contribution is 8.04. The lowest BCUT2D eigenvalue weighted by Gasteiger charge is -2.24. The number of alkyl carbamates (subject to hydrolysis) is 1. The van der Waals surface area contributed by atoms with Gasteiger partial charge in [-0.3, -0.25) is 14.5 Å². The molecule has 0 atom stereocenters. The Balaban J connectivity index is 0.790. The van der Waals surface area contributed by atoms with Crippen molar-refractivity contribution < 1.29 is 28.3 Å². The normalized spacial score (nSPS) is 14.4. The van der Waals surface area contributed by atoms with Gasteiger partial charge in [0.15, 0.2) is 12.4 Å². The van der Waals surface area contributed by atoms with Crippen LogP contribution < -0.4 is 34.9 Å². The number of benzene rings is 4. The molecule has 370 valence electrons. The maximum atomic E-state index is 13.1. The second-order valence-electron chi connectivity index (χ2n) is 19.1. The fraction of sp³-hybridized carbons (Fsp3) is 0.351. The van der Waals surface area contributed by atoms with Gasteiger partial charge in [-0.1, -0.05) is 72.1 Å². The van der Waals surface area contributed by atoms with Crippen molar-refractivity contribution in [3.8, 4) is 0 Å². The van der Waals surface area contributed by atoms with Crippen LogP contribution in [-0.4, -0.2) is 80.8 Å². The van der Waals surface area contributed by atoms with Crippen molar-refractivity contribution in [1.82, 2.24) is 20.9 Å². The van der Waals surface area contributed by atoms with Gasteiger partial charge in [-0.15, -0.1) is 0 Å². The smallest absolute Gasteiger partial charge is 0.407 e. The topological polar surface area (TPSA) is 114 Å². The number of carbonyl (C=O) groups excluding carboxylic acids is 3. The van der Waals surface area contributed by atoms with Gasteiger partial charge < -0.3 is 30.5 Å². The number of anilines is 2. The summed E-state index contributed by atoms with van der Waals surface area (Å²) in [5.74, 6) is 0.0316. The van der Waals surface area contributed by atoms with Gasteiger partial charge in [-0.25, -0.2) is 13.9 Å². The number of rotatable bonds is 21. The van der Waals surface area contributed by atoms with Crippen LogP contribution in [0, 0.1) is 0 Å². The molecule has 2 aromatic heterocycles. The van der Waals surface area contributed by atoms with Crippen LogP contribution >= 0.6 is 23.5 Å². The molecule has 0 saturated carbocycles. The van der Waals surface area contributed by atoms with E-state index in [0.29, 0.717) is 52.1 Å². The van der Waals surface area contributed by atoms with E-state index in [1.807, 2.05) is 20.8 Å². The maximum Gasteiger partial charge on any atom is 0.407 e. The fourth-order valence-corrected chi connectivity index (χ4v) is 11.3. The highest BCUT2D eigenvalue weighted by Crippen LogP contribution is 2.48. The molecular weight excluding hydrogens is 925 g/mol. The van der Waals surface area contributed by atoms with E-state index >= 15 is 0 Å². The summed E-state index contributed by atoms with van der Waals surface area (Å²) in [5, 5.41) is 13.9. The molecule has 3 amide bonds. The number of pyridine rings is 2. The maximum absolute atomic E-state index is 13.1. The fourth-order valence-electron chi connectivity index (χ4n) is 9.03. The number of nitrogens with one attached hydrogen (secondary N) is 3. The van der Waals surface area contributed by atoms with E-state index < -0.39 is 11.7 Å². The number of aryl methyl sites for hydroxylation is 2. The monoisotopic (exact) mass is 992 g/mol. The third kappa shape index (κ3) is 13.7. The Morgan fingerprint density at radius 3 is 1.46 bits per heavy atom. The minimum absolute atomic E-state index is 0.0158. The summed E-state index contributed by atoms with van der Waals surface area (Å²) < 4.78 is 9.74. The standard InChI is InChI=1S/C57H66N8O4S2/c1-57(2,3)69-56(68)60-32-39-63(37-30-58-52(66)26-14-16-33-64-48-22-10-12-24-50(48)70-54(64)40-42-28-35-61(4)46-20-8-6-18-44(42)46)38-31-59-53(67)27-15-17-34-65-49-23-11-13-25-51(49)71-55(65)41-43-29-36-62(5)47-21-9-7-19-45(43)47/h6-13,18-25,28-29,35-36,40-41H,14-17,26-27,30-34,37-39H2,1-5H3,(H-2,58,59,60,66,67,68)/p+2. The van der Waals surface area contributed by atoms with Crippen molar-refractivity contribution in [2.24, 2.45) is 14.1 Å². The number of hydrogen-bond donors (Lipinski definition) is 3. The summed E-state index contributed by atoms with van der Waals surface area (Å²) in [5.41, 5.74) is 6.54. The van der Waals surface area contributed by atoms with Crippen LogP contribution in [-0.2, 0) is 28.4 Å². The van der Waals surface area contributed by atoms with Gasteiger partial charge in [0, 0.05) is 99.3 Å². The van der Waals surface area contributed by atoms with E-state index in [9.17, 15) is 14.4 Å². The van der Waals surface area contributed by atoms with Gasteiger partial charge in [0.25, 0.3) is 0 Å². The Morgan fingerprint density at radius 2 is 1.00 bits per heavy atom. The second kappa shape index (κ2) is 24.2. The molecule has 4 aromatic carbocycles. The van der Waals surface area contributed by atoms with E-state index in [2.05, 4.69) is 188 Å². The Kier molecular flexibility index (Phi) is 17.4. The first-order valence-electron chi connectivity index (χ1n) is 24.9. The van der Waals surface area contributed by atoms with Crippen LogP contribution in [0.4, 0.5) is 16.2 Å². The molecule has 4 heterocycles. The van der Waals surface area contributed by atoms with Gasteiger partial charge in [0.05, 0.1) is 32.2 Å². The number of thioether (sulfide) groups is 2. The molecule has 3 N–H and O–H groups in total. The molecule has 8 rings (SSSR count). The molecule has 0 radical (unpaired) electrons. The number of para-hydroxylation sites is 4. The quantitative estimate of drug-likeness (QED) is 0.0480. The first kappa shape index (κ1) is 51.0. The summed E-state index contributed by atoms with van der Waals surface area (Å²) in [7, 11) is 4.15. The third-order valence-electron chi connectivity index (χ3n) is 12.6. The van der Waals surface area contributed by atoms with Gasteiger partial charge in [-0.05, 0) is 106 Å². The number of aromatic nitrogens is 2. The molecule has 0 saturated heterocycles. The van der Waals surface area contributed by atoms with Gasteiger partial charge in [-0.2, -0.15) is 0 Å². The zero-order valence-corrected chi connectivity index (χ0v) is 43.4. The Morgan fingerprint density at radius 1 is 0.577 bits per heavy atom. The predicted molar refractivity (Wildman–Crippen MR) is 290 cm³/mol. The molecule has 0 spiro atoms. The number of nitrogens with zero attached hydrogens (tertiary/aromatic N) is 5. The third-order valence-corrected chi connectivity index (χ3v) is 14.9. The van der Waals surface area contributed by atoms with E-state index in [1.54, 1.807) is 23.5 Å². The number of fused-ring (bicyclic) bond motifs is 4. The molecular formula is C57H68N8O4S2+2. The zero-order chi connectivity index (χ0) is 49.7. The van der Waals surface area contributed by atoms with Gasteiger partial charge in [0.2, 0.25) is 22.8 Å². The summed E-state index contributed by atoms with van der Waals surface area (Å²) in [6, 6.07) is 38.4. The van der Waals surface area contributed by atoms with Crippen LogP contribution in [0.25, 0.3) is 34.0 Å². The van der Waals surface area contributed by atoms with Crippen LogP contribution in [0.2, 0.25) is 0 Å². The summed E-state index contributed by atoms with van der Waals surface area (Å²) >= 11 is 3.58. The average Bonchev–Trinajstić information content (AvgIpc) is 3.89. The highest BCUT2D eigenvalue weighted by Gasteiger charge is 2.27. The number of unbranched alkanes of at least 4 members (excludes halogenated alkanes) is 2. The largest absolute Gasteiger partial charge is 0.444 e. The second-order valence-corrected chi connectivity index (χ2v) is 21.2. The Bertz CT molecular complexity index is 2740. The van der Waals surface area contributed by atoms with Crippen molar-refractivity contribution in [3.05, 3.63) is 143 Å². The highest BCUT2D eigenvalue weighted by atomic mass is 32.2. The van der Waals surface area contributed by atoms with Crippen LogP contribution in [0.3, 0.4) is 0 Å². The molecule has 14 heteroatoms. The molecule has 2 aliphatic heterocycles. The molecule has 6 aromatic rings. The Labute approximate surface area is 427 Å². The van der Waals surface area contributed by atoms with Crippen LogP contribution in [0.15, 0.2) is 141 Å². The molecule has 0 unspecified atom stereocenters. The van der Waals surface area contributed by atoms with Crippen molar-refractivity contribution in [2.75, 3.05) is 62.2 Å². The molecule has 2 aliphatic rings. The number of amides is 3. The van der Waals surface area contributed by atoms with E-state index in [0.717, 1.165) is 38.8 Å². The summed E-state index contributed by atoms with van der Waals surface area (Å²) in [6.07, 6.45) is 12.4. The van der Waals surface area contributed by atoms with E-state index in [1.165, 1.54) is 64.2 Å². The van der Waals surface area contributed by atoms with Gasteiger partial charge in [0.1, 0.15) is 19.7 Å². The number of hydrogen-bond acceptors (Lipinski definition) is 9. The Hall–Kier alpha value is -6.35. The molecule has 0 bridgehead atoms. The summed E-state index contributed by atoms with van der Waals surface area (Å²) in [6.45, 7) is 10.1. The number of ether oxygens (including phenoxy) is 1. The predicted octanol–water partition coefficient (Wildman–Crippen LogP) is 9.56. The lowest BCUT2D eigenvalue weighted by molar-refractivity contribution is -0.645. The van der Waals surface area contributed by atoms with Crippen LogP contribution in [0.5, 0.6) is 0 Å². The van der Waals surface area contributed by atoms with E-state index in [4.69, 9.17) is 4.74 Å². The van der Waals surface area contributed by atoms with Crippen LogP contribution in [0.1, 0.15) is 70.4 Å². The first-order valence-corrected chi connectivity index (χ1v) is 26.5. The SMILES string of the molecule is C[n+]1ccc(C=C2Sc3ccccc3N2CCCCC(=O)NCCN(CCNC(=O)CCCCN2C(=Cc3cc[n+](C)c4ccccc34)Sc3ccccc32)CCNC(=O)OC(C)(C)C)c2ccccc21. The molecule has 0 fully saturated rings. The van der Waals surface area contributed by atoms with Crippen molar-refractivity contribution in [1.29, 1.82) is 0 Å². The minimum atomic E-state index is -0.599. The lowest BCUT2D eigenvalue weighted by atomic mass is 10.1. The summed E-state index contributed by atoms with van der Waals surface area (Å²) in [4.78, 5) is 48.1.